The lowest BCUT2D eigenvalue weighted by atomic mass is 9.44. The SMILES string of the molecule is C=CC[C@](O)([C@H]1CC[C@H]2C[C@@H]1C2(C)C)[Si](C)(C)c1ccccc1. The Labute approximate surface area is 142 Å². The van der Waals surface area contributed by atoms with Crippen molar-refractivity contribution in [3.63, 3.8) is 0 Å². The highest BCUT2D eigenvalue weighted by Gasteiger charge is 2.62. The van der Waals surface area contributed by atoms with E-state index in [-0.39, 0.29) is 0 Å². The molecule has 0 unspecified atom stereocenters. The Hall–Kier alpha value is -0.863. The highest BCUT2D eigenvalue weighted by Crippen LogP contribution is 2.64. The van der Waals surface area contributed by atoms with Crippen LogP contribution in [-0.2, 0) is 0 Å². The Bertz CT molecular complexity index is 575. The van der Waals surface area contributed by atoms with Gasteiger partial charge in [0.1, 0.15) is 8.07 Å². The van der Waals surface area contributed by atoms with Crippen molar-refractivity contribution < 1.29 is 5.11 Å². The second-order valence-corrected chi connectivity index (χ2v) is 13.6. The van der Waals surface area contributed by atoms with E-state index < -0.39 is 13.3 Å². The molecule has 23 heavy (non-hydrogen) atoms. The van der Waals surface area contributed by atoms with Gasteiger partial charge in [0.05, 0.1) is 5.22 Å². The van der Waals surface area contributed by atoms with Gasteiger partial charge in [-0.2, -0.15) is 0 Å². The largest absolute Gasteiger partial charge is 0.392 e. The van der Waals surface area contributed by atoms with Crippen LogP contribution in [0.5, 0.6) is 0 Å². The molecule has 0 aliphatic heterocycles. The fourth-order valence-corrected chi connectivity index (χ4v) is 9.03. The summed E-state index contributed by atoms with van der Waals surface area (Å²) < 4.78 is 0. The predicted molar refractivity (Wildman–Crippen MR) is 101 cm³/mol. The number of rotatable bonds is 5. The molecule has 0 spiro atoms. The molecule has 3 fully saturated rings. The van der Waals surface area contributed by atoms with Crippen LogP contribution in [0, 0.1) is 23.2 Å². The van der Waals surface area contributed by atoms with Gasteiger partial charge < -0.3 is 5.11 Å². The van der Waals surface area contributed by atoms with E-state index >= 15 is 0 Å². The quantitative estimate of drug-likeness (QED) is 0.622. The van der Waals surface area contributed by atoms with Gasteiger partial charge in [-0.15, -0.1) is 6.58 Å². The number of fused-ring (bicyclic) bond motifs is 2. The number of hydrogen-bond acceptors (Lipinski definition) is 1. The molecule has 0 heterocycles. The standard InChI is InChI=1S/C21H32OSi/c1-6-14-21(22,23(4,5)17-10-8-7-9-11-17)18-13-12-16-15-19(18)20(16,2)3/h6-11,16,18-19,22H,1,12-15H2,2-5H3/t16-,18-,19-,21+/m0/s1. The molecular weight excluding hydrogens is 296 g/mol. The number of benzene rings is 1. The van der Waals surface area contributed by atoms with Crippen molar-refractivity contribution in [2.24, 2.45) is 23.2 Å². The van der Waals surface area contributed by atoms with Crippen molar-refractivity contribution in [3.8, 4) is 0 Å². The first-order valence-electron chi connectivity index (χ1n) is 9.14. The lowest BCUT2D eigenvalue weighted by molar-refractivity contribution is -0.150. The van der Waals surface area contributed by atoms with Gasteiger partial charge in [-0.25, -0.2) is 0 Å². The molecule has 4 atom stereocenters. The lowest BCUT2D eigenvalue weighted by Crippen LogP contribution is -2.70. The molecule has 3 aliphatic rings. The lowest BCUT2D eigenvalue weighted by Gasteiger charge is -2.65. The molecule has 126 valence electrons. The molecule has 1 aromatic rings. The third kappa shape index (κ3) is 2.37. The third-order valence-electron chi connectivity index (χ3n) is 7.50. The molecule has 3 saturated carbocycles. The Morgan fingerprint density at radius 2 is 1.91 bits per heavy atom. The first-order chi connectivity index (χ1) is 10.7. The third-order valence-corrected chi connectivity index (χ3v) is 12.0. The van der Waals surface area contributed by atoms with Gasteiger partial charge in [0.25, 0.3) is 0 Å². The van der Waals surface area contributed by atoms with Crippen LogP contribution in [0.25, 0.3) is 0 Å². The summed E-state index contributed by atoms with van der Waals surface area (Å²) in [5.41, 5.74) is 0.402. The van der Waals surface area contributed by atoms with E-state index in [9.17, 15) is 5.11 Å². The van der Waals surface area contributed by atoms with Gasteiger partial charge in [0.15, 0.2) is 0 Å². The maximum Gasteiger partial charge on any atom is 0.117 e. The summed E-state index contributed by atoms with van der Waals surface area (Å²) in [6, 6.07) is 10.7. The van der Waals surface area contributed by atoms with Crippen molar-refractivity contribution in [1.82, 2.24) is 0 Å². The van der Waals surface area contributed by atoms with Crippen LogP contribution in [0.4, 0.5) is 0 Å². The van der Waals surface area contributed by atoms with Gasteiger partial charge in [-0.3, -0.25) is 0 Å². The molecule has 2 heteroatoms. The molecule has 3 aliphatic carbocycles. The zero-order valence-electron chi connectivity index (χ0n) is 15.2. The van der Waals surface area contributed by atoms with Gasteiger partial charge >= 0.3 is 0 Å². The van der Waals surface area contributed by atoms with Crippen molar-refractivity contribution in [1.29, 1.82) is 0 Å². The average Bonchev–Trinajstić information content (AvgIpc) is 2.55. The van der Waals surface area contributed by atoms with Gasteiger partial charge in [0, 0.05) is 0 Å². The van der Waals surface area contributed by atoms with Gasteiger partial charge in [-0.05, 0) is 48.9 Å². The van der Waals surface area contributed by atoms with E-state index in [0.29, 0.717) is 17.3 Å². The zero-order chi connectivity index (χ0) is 16.9. The van der Waals surface area contributed by atoms with Crippen LogP contribution in [0.2, 0.25) is 13.1 Å². The maximum atomic E-state index is 12.0. The van der Waals surface area contributed by atoms with E-state index in [1.54, 1.807) is 0 Å². The van der Waals surface area contributed by atoms with Crippen LogP contribution in [0.1, 0.15) is 39.5 Å². The normalized spacial score (nSPS) is 31.8. The van der Waals surface area contributed by atoms with E-state index in [0.717, 1.165) is 12.3 Å². The first kappa shape index (κ1) is 17.0. The summed E-state index contributed by atoms with van der Waals surface area (Å²) >= 11 is 0. The van der Waals surface area contributed by atoms with Crippen molar-refractivity contribution >= 4 is 13.3 Å². The molecular formula is C21H32OSi. The van der Waals surface area contributed by atoms with Crippen molar-refractivity contribution in [3.05, 3.63) is 43.0 Å². The van der Waals surface area contributed by atoms with E-state index in [2.05, 4.69) is 63.9 Å². The van der Waals surface area contributed by atoms with Crippen LogP contribution in [-0.4, -0.2) is 18.4 Å². The van der Waals surface area contributed by atoms with Crippen LogP contribution in [0.3, 0.4) is 0 Å². The Balaban J connectivity index is 2.01. The van der Waals surface area contributed by atoms with Gasteiger partial charge in [-0.1, -0.05) is 68.5 Å². The Morgan fingerprint density at radius 3 is 2.43 bits per heavy atom. The smallest absolute Gasteiger partial charge is 0.117 e. The Morgan fingerprint density at radius 1 is 1.26 bits per heavy atom. The minimum Gasteiger partial charge on any atom is -0.392 e. The molecule has 1 N–H and O–H groups in total. The summed E-state index contributed by atoms with van der Waals surface area (Å²) in [4.78, 5) is 0. The van der Waals surface area contributed by atoms with E-state index in [1.165, 1.54) is 24.4 Å². The molecule has 4 rings (SSSR count). The first-order valence-corrected chi connectivity index (χ1v) is 12.1. The second-order valence-electron chi connectivity index (χ2n) is 8.95. The van der Waals surface area contributed by atoms with Gasteiger partial charge in [0.2, 0.25) is 0 Å². The molecule has 2 bridgehead atoms. The van der Waals surface area contributed by atoms with Crippen LogP contribution >= 0.6 is 0 Å². The average molecular weight is 329 g/mol. The topological polar surface area (TPSA) is 20.2 Å². The van der Waals surface area contributed by atoms with E-state index in [4.69, 9.17) is 0 Å². The van der Waals surface area contributed by atoms with Crippen molar-refractivity contribution in [2.45, 2.75) is 57.8 Å². The zero-order valence-corrected chi connectivity index (χ0v) is 16.2. The molecule has 1 aromatic carbocycles. The summed E-state index contributed by atoms with van der Waals surface area (Å²) in [5.74, 6) is 1.96. The molecule has 0 radical (unpaired) electrons. The number of hydrogen-bond donors (Lipinski definition) is 1. The summed E-state index contributed by atoms with van der Waals surface area (Å²) in [7, 11) is -2.04. The highest BCUT2D eigenvalue weighted by molar-refractivity contribution is 6.92. The summed E-state index contributed by atoms with van der Waals surface area (Å²) in [6.07, 6.45) is 6.47. The molecule has 0 amide bonds. The minimum absolute atomic E-state index is 0.402. The fraction of sp³-hybridized carbons (Fsp3) is 0.619. The van der Waals surface area contributed by atoms with Crippen LogP contribution in [0.15, 0.2) is 43.0 Å². The molecule has 0 saturated heterocycles. The van der Waals surface area contributed by atoms with E-state index in [1.807, 2.05) is 6.08 Å². The minimum atomic E-state index is -2.04. The molecule has 0 aromatic heterocycles. The highest BCUT2D eigenvalue weighted by atomic mass is 28.3. The maximum absolute atomic E-state index is 12.0. The fourth-order valence-electron chi connectivity index (χ4n) is 5.58. The van der Waals surface area contributed by atoms with Crippen LogP contribution < -0.4 is 5.19 Å². The predicted octanol–water partition coefficient (Wildman–Crippen LogP) is 4.52. The molecule has 1 nitrogen and oxygen atoms in total. The van der Waals surface area contributed by atoms with Crippen molar-refractivity contribution in [2.75, 3.05) is 0 Å². The monoisotopic (exact) mass is 328 g/mol. The summed E-state index contributed by atoms with van der Waals surface area (Å²) in [5, 5.41) is 12.8. The summed E-state index contributed by atoms with van der Waals surface area (Å²) in [6.45, 7) is 13.5. The Kier molecular flexibility index (Phi) is 4.13. The number of aliphatic hydroxyl groups is 1. The second kappa shape index (κ2) is 5.60.